The number of piperidine rings is 1. The lowest BCUT2D eigenvalue weighted by Crippen LogP contribution is -2.52. The smallest absolute Gasteiger partial charge is 0.313 e. The fourth-order valence-corrected chi connectivity index (χ4v) is 2.72. The maximum atomic E-state index is 11.3. The van der Waals surface area contributed by atoms with E-state index in [1.165, 1.54) is 12.8 Å². The Morgan fingerprint density at radius 2 is 2.06 bits per heavy atom. The van der Waals surface area contributed by atoms with Crippen LogP contribution >= 0.6 is 0 Å². The van der Waals surface area contributed by atoms with E-state index in [9.17, 15) is 9.90 Å². The molecule has 16 heavy (non-hydrogen) atoms. The predicted octanol–water partition coefficient (Wildman–Crippen LogP) is 1.21. The Balaban J connectivity index is 2.06. The van der Waals surface area contributed by atoms with E-state index in [0.29, 0.717) is 13.2 Å². The van der Waals surface area contributed by atoms with Gasteiger partial charge in [0.15, 0.2) is 0 Å². The van der Waals surface area contributed by atoms with Gasteiger partial charge in [0.2, 0.25) is 0 Å². The number of ether oxygens (including phenoxy) is 1. The largest absolute Gasteiger partial charge is 0.481 e. The first-order valence-electron chi connectivity index (χ1n) is 6.09. The van der Waals surface area contributed by atoms with Gasteiger partial charge >= 0.3 is 5.97 Å². The molecule has 2 atom stereocenters. The second-order valence-electron chi connectivity index (χ2n) is 5.47. The summed E-state index contributed by atoms with van der Waals surface area (Å²) in [6.07, 6.45) is 2.35. The van der Waals surface area contributed by atoms with E-state index in [0.717, 1.165) is 19.0 Å². The maximum absolute atomic E-state index is 11.3. The summed E-state index contributed by atoms with van der Waals surface area (Å²) in [5, 5.41) is 9.32. The first-order valence-corrected chi connectivity index (χ1v) is 6.09. The highest BCUT2D eigenvalue weighted by Crippen LogP contribution is 2.34. The van der Waals surface area contributed by atoms with Gasteiger partial charge < -0.3 is 9.84 Å². The van der Waals surface area contributed by atoms with Crippen LogP contribution in [0.3, 0.4) is 0 Å². The minimum Gasteiger partial charge on any atom is -0.481 e. The van der Waals surface area contributed by atoms with Gasteiger partial charge in [0, 0.05) is 0 Å². The predicted molar refractivity (Wildman–Crippen MR) is 60.3 cm³/mol. The van der Waals surface area contributed by atoms with Crippen LogP contribution in [0.25, 0.3) is 0 Å². The topological polar surface area (TPSA) is 49.8 Å². The highest BCUT2D eigenvalue weighted by atomic mass is 16.5. The van der Waals surface area contributed by atoms with E-state index in [1.54, 1.807) is 0 Å². The number of nitrogens with zero attached hydrogens (tertiary/aromatic N) is 1. The monoisotopic (exact) mass is 227 g/mol. The van der Waals surface area contributed by atoms with E-state index in [2.05, 4.69) is 11.8 Å². The Morgan fingerprint density at radius 1 is 1.44 bits per heavy atom. The summed E-state index contributed by atoms with van der Waals surface area (Å²) in [5.41, 5.74) is -0.722. The molecule has 2 saturated heterocycles. The lowest BCUT2D eigenvalue weighted by atomic mass is 9.83. The summed E-state index contributed by atoms with van der Waals surface area (Å²) in [4.78, 5) is 13.6. The van der Waals surface area contributed by atoms with Crippen molar-refractivity contribution in [2.75, 3.05) is 26.3 Å². The van der Waals surface area contributed by atoms with Crippen LogP contribution < -0.4 is 0 Å². The van der Waals surface area contributed by atoms with Gasteiger partial charge in [-0.1, -0.05) is 6.92 Å². The molecule has 0 aliphatic carbocycles. The molecule has 1 N–H and O–H groups in total. The number of likely N-dealkylation sites (tertiary alicyclic amines) is 1. The lowest BCUT2D eigenvalue weighted by Gasteiger charge is -2.39. The van der Waals surface area contributed by atoms with Crippen molar-refractivity contribution in [3.63, 3.8) is 0 Å². The second-order valence-corrected chi connectivity index (χ2v) is 5.47. The molecule has 0 aromatic carbocycles. The van der Waals surface area contributed by atoms with Gasteiger partial charge in [0.1, 0.15) is 5.41 Å². The number of carbonyl (C=O) groups is 1. The normalized spacial score (nSPS) is 37.8. The summed E-state index contributed by atoms with van der Waals surface area (Å²) in [7, 11) is 0. The molecule has 0 spiro atoms. The van der Waals surface area contributed by atoms with Crippen molar-refractivity contribution in [2.45, 2.75) is 32.7 Å². The van der Waals surface area contributed by atoms with Gasteiger partial charge in [-0.05, 0) is 38.8 Å². The van der Waals surface area contributed by atoms with Crippen LogP contribution in [0.5, 0.6) is 0 Å². The zero-order valence-corrected chi connectivity index (χ0v) is 10.1. The average molecular weight is 227 g/mol. The van der Waals surface area contributed by atoms with E-state index in [-0.39, 0.29) is 6.04 Å². The molecular weight excluding hydrogens is 206 g/mol. The van der Waals surface area contributed by atoms with Crippen LogP contribution in [0, 0.1) is 11.3 Å². The van der Waals surface area contributed by atoms with E-state index in [1.807, 2.05) is 6.92 Å². The molecule has 2 rings (SSSR count). The van der Waals surface area contributed by atoms with Crippen molar-refractivity contribution >= 4 is 5.97 Å². The Bertz CT molecular complexity index is 273. The zero-order valence-electron chi connectivity index (χ0n) is 10.1. The molecule has 0 aromatic heterocycles. The van der Waals surface area contributed by atoms with Crippen LogP contribution in [0.15, 0.2) is 0 Å². The van der Waals surface area contributed by atoms with Gasteiger partial charge in [0.25, 0.3) is 0 Å². The quantitative estimate of drug-likeness (QED) is 0.770. The zero-order chi connectivity index (χ0) is 11.8. The third-order valence-electron chi connectivity index (χ3n) is 4.16. The Labute approximate surface area is 96.6 Å². The number of hydrogen-bond acceptors (Lipinski definition) is 3. The summed E-state index contributed by atoms with van der Waals surface area (Å²) in [6.45, 7) is 7.01. The van der Waals surface area contributed by atoms with Crippen molar-refractivity contribution in [1.29, 1.82) is 0 Å². The fraction of sp³-hybridized carbons (Fsp3) is 0.917. The van der Waals surface area contributed by atoms with Gasteiger partial charge in [0.05, 0.1) is 19.3 Å². The standard InChI is InChI=1S/C12H21NO3/c1-9-3-5-13(6-4-9)10-7-16-8-12(10,2)11(14)15/h9-10H,3-8H2,1-2H3,(H,14,15). The molecule has 2 unspecified atom stereocenters. The number of aliphatic carboxylic acids is 1. The van der Waals surface area contributed by atoms with Gasteiger partial charge in [-0.2, -0.15) is 0 Å². The molecular formula is C12H21NO3. The Kier molecular flexibility index (Phi) is 3.22. The number of hydrogen-bond donors (Lipinski definition) is 1. The fourth-order valence-electron chi connectivity index (χ4n) is 2.72. The highest BCUT2D eigenvalue weighted by Gasteiger charge is 2.49. The van der Waals surface area contributed by atoms with Gasteiger partial charge in [-0.25, -0.2) is 0 Å². The molecule has 0 saturated carbocycles. The molecule has 2 heterocycles. The van der Waals surface area contributed by atoms with Crippen molar-refractivity contribution < 1.29 is 14.6 Å². The first-order chi connectivity index (χ1) is 7.54. The molecule has 4 nitrogen and oxygen atoms in total. The number of carboxylic acids is 1. The van der Waals surface area contributed by atoms with Crippen molar-refractivity contribution in [3.05, 3.63) is 0 Å². The summed E-state index contributed by atoms with van der Waals surface area (Å²) < 4.78 is 5.39. The highest BCUT2D eigenvalue weighted by molar-refractivity contribution is 5.75. The van der Waals surface area contributed by atoms with E-state index in [4.69, 9.17) is 4.74 Å². The van der Waals surface area contributed by atoms with Crippen molar-refractivity contribution in [3.8, 4) is 0 Å². The van der Waals surface area contributed by atoms with Crippen LogP contribution in [0.1, 0.15) is 26.7 Å². The average Bonchev–Trinajstić information content (AvgIpc) is 2.63. The number of carboxylic acid groups (broad SMARTS) is 1. The van der Waals surface area contributed by atoms with Crippen LogP contribution in [0.4, 0.5) is 0 Å². The molecule has 0 bridgehead atoms. The molecule has 92 valence electrons. The van der Waals surface area contributed by atoms with Crippen molar-refractivity contribution in [1.82, 2.24) is 4.90 Å². The molecule has 4 heteroatoms. The summed E-state index contributed by atoms with van der Waals surface area (Å²) in [5.74, 6) is 0.0447. The molecule has 2 aliphatic rings. The minimum atomic E-state index is -0.728. The van der Waals surface area contributed by atoms with E-state index >= 15 is 0 Å². The summed E-state index contributed by atoms with van der Waals surface area (Å²) in [6, 6.07) is 0.0532. The maximum Gasteiger partial charge on any atom is 0.313 e. The van der Waals surface area contributed by atoms with Crippen LogP contribution in [0.2, 0.25) is 0 Å². The molecule has 0 aromatic rings. The Hall–Kier alpha value is -0.610. The van der Waals surface area contributed by atoms with Crippen LogP contribution in [-0.2, 0) is 9.53 Å². The minimum absolute atomic E-state index is 0.0532. The molecule has 0 amide bonds. The molecule has 2 aliphatic heterocycles. The Morgan fingerprint density at radius 3 is 2.62 bits per heavy atom. The third kappa shape index (κ3) is 1.96. The van der Waals surface area contributed by atoms with Gasteiger partial charge in [-0.15, -0.1) is 0 Å². The molecule has 0 radical (unpaired) electrons. The summed E-state index contributed by atoms with van der Waals surface area (Å²) >= 11 is 0. The van der Waals surface area contributed by atoms with Crippen molar-refractivity contribution in [2.24, 2.45) is 11.3 Å². The second kappa shape index (κ2) is 4.34. The van der Waals surface area contributed by atoms with E-state index < -0.39 is 11.4 Å². The van der Waals surface area contributed by atoms with Gasteiger partial charge in [-0.3, -0.25) is 9.69 Å². The first kappa shape index (κ1) is 11.9. The number of rotatable bonds is 2. The van der Waals surface area contributed by atoms with Crippen LogP contribution in [-0.4, -0.2) is 48.3 Å². The third-order valence-corrected chi connectivity index (χ3v) is 4.16. The molecule has 2 fully saturated rings. The lowest BCUT2D eigenvalue weighted by molar-refractivity contribution is -0.150. The SMILES string of the molecule is CC1CCN(C2COCC2(C)C(=O)O)CC1.